The molecule has 1 aromatic rings. The van der Waals surface area contributed by atoms with E-state index in [9.17, 15) is 17.6 Å². The predicted molar refractivity (Wildman–Crippen MR) is 125 cm³/mol. The zero-order valence-electron chi connectivity index (χ0n) is 19.8. The fraction of sp³-hybridized carbons (Fsp3) is 0.714. The van der Waals surface area contributed by atoms with Gasteiger partial charge in [0.25, 0.3) is 0 Å². The summed E-state index contributed by atoms with van der Waals surface area (Å²) >= 11 is 0. The second kappa shape index (κ2) is 12.7. The predicted octanol–water partition coefficient (Wildman–Crippen LogP) is 8.86. The van der Waals surface area contributed by atoms with E-state index in [0.717, 1.165) is 30.6 Å². The topological polar surface area (TPSA) is 9.23 Å². The van der Waals surface area contributed by atoms with Gasteiger partial charge in [0.2, 0.25) is 0 Å². The molecule has 184 valence electrons. The van der Waals surface area contributed by atoms with Gasteiger partial charge in [-0.05, 0) is 80.5 Å². The summed E-state index contributed by atoms with van der Waals surface area (Å²) in [5, 5.41) is 0. The Morgan fingerprint density at radius 3 is 2.06 bits per heavy atom. The minimum Gasteiger partial charge on any atom is -0.428 e. The van der Waals surface area contributed by atoms with Crippen molar-refractivity contribution in [3.05, 3.63) is 29.8 Å². The Balaban J connectivity index is 1.38. The molecular weight excluding hydrogens is 428 g/mol. The summed E-state index contributed by atoms with van der Waals surface area (Å²) in [5.41, 5.74) is 0.682. The number of benzene rings is 1. The van der Waals surface area contributed by atoms with Crippen LogP contribution in [0.5, 0.6) is 5.75 Å². The van der Waals surface area contributed by atoms with Crippen LogP contribution in [0.2, 0.25) is 0 Å². The van der Waals surface area contributed by atoms with Crippen molar-refractivity contribution < 1.29 is 22.3 Å². The molecule has 1 aromatic carbocycles. The zero-order valence-corrected chi connectivity index (χ0v) is 19.8. The molecule has 2 aliphatic rings. The Morgan fingerprint density at radius 2 is 1.48 bits per heavy atom. The normalized spacial score (nSPS) is 26.0. The lowest BCUT2D eigenvalue weighted by Crippen LogP contribution is -2.33. The summed E-state index contributed by atoms with van der Waals surface area (Å²) in [4.78, 5) is 0. The molecule has 0 amide bonds. The highest BCUT2D eigenvalue weighted by atomic mass is 19.3. The molecule has 5 heteroatoms. The monoisotopic (exact) mass is 466 g/mol. The summed E-state index contributed by atoms with van der Waals surface area (Å²) in [7, 11) is 0. The molecule has 0 N–H and O–H groups in total. The number of alkyl halides is 4. The maximum Gasteiger partial charge on any atom is 0.461 e. The Morgan fingerprint density at radius 1 is 0.879 bits per heavy atom. The van der Waals surface area contributed by atoms with Gasteiger partial charge in [-0.25, -0.2) is 0 Å². The molecule has 0 heterocycles. The van der Waals surface area contributed by atoms with E-state index in [1.54, 1.807) is 0 Å². The van der Waals surface area contributed by atoms with Gasteiger partial charge in [-0.1, -0.05) is 63.7 Å². The maximum absolute atomic E-state index is 13.0. The lowest BCUT2D eigenvalue weighted by Gasteiger charge is -2.37. The standard InChI is InChI=1S/C28H38F4O/c1-2-3-4-5-6-21-9-15-24(16-10-21)25-17-11-22(12-18-25)7-8-23-13-19-26(20-14-23)33-28(31,32)27(29)30/h13-14,19-22,24-25,27H,2-6,9-12,15-18H2,1H3/t21-,22-,24-,25-. The van der Waals surface area contributed by atoms with Crippen molar-refractivity contribution in [1.82, 2.24) is 0 Å². The number of unbranched alkanes of at least 4 members (excludes halogenated alkanes) is 3. The summed E-state index contributed by atoms with van der Waals surface area (Å²) < 4.78 is 54.5. The third-order valence-electron chi connectivity index (χ3n) is 7.58. The Bertz CT molecular complexity index is 748. The SMILES string of the molecule is CCCCCC[C@H]1CC[C@H]([C@H]2CC[C@H](C#Cc3ccc(OC(F)(F)C(F)F)cc3)CC2)CC1. The van der Waals surface area contributed by atoms with E-state index < -0.39 is 12.5 Å². The molecule has 0 spiro atoms. The summed E-state index contributed by atoms with van der Waals surface area (Å²) in [5.74, 6) is 9.22. The lowest BCUT2D eigenvalue weighted by atomic mass is 9.69. The quantitative estimate of drug-likeness (QED) is 0.201. The smallest absolute Gasteiger partial charge is 0.428 e. The molecule has 0 unspecified atom stereocenters. The molecule has 0 aliphatic heterocycles. The Labute approximate surface area is 196 Å². The van der Waals surface area contributed by atoms with Crippen LogP contribution in [0.4, 0.5) is 17.6 Å². The lowest BCUT2D eigenvalue weighted by molar-refractivity contribution is -0.253. The van der Waals surface area contributed by atoms with Crippen LogP contribution in [0.15, 0.2) is 24.3 Å². The molecule has 2 aliphatic carbocycles. The van der Waals surface area contributed by atoms with Crippen LogP contribution in [-0.2, 0) is 0 Å². The van der Waals surface area contributed by atoms with Crippen molar-refractivity contribution in [2.24, 2.45) is 23.7 Å². The Kier molecular flexibility index (Phi) is 9.95. The minimum absolute atomic E-state index is 0.290. The van der Waals surface area contributed by atoms with Crippen molar-refractivity contribution in [2.45, 2.75) is 103 Å². The van der Waals surface area contributed by atoms with Gasteiger partial charge in [0, 0.05) is 11.5 Å². The molecule has 3 rings (SSSR count). The third kappa shape index (κ3) is 8.23. The second-order valence-corrected chi connectivity index (χ2v) is 10.0. The molecule has 2 fully saturated rings. The van der Waals surface area contributed by atoms with Gasteiger partial charge in [-0.3, -0.25) is 0 Å². The van der Waals surface area contributed by atoms with Crippen LogP contribution in [0.25, 0.3) is 0 Å². The van der Waals surface area contributed by atoms with Crippen molar-refractivity contribution in [2.75, 3.05) is 0 Å². The van der Waals surface area contributed by atoms with Crippen molar-refractivity contribution in [3.8, 4) is 17.6 Å². The van der Waals surface area contributed by atoms with Gasteiger partial charge >= 0.3 is 12.5 Å². The van der Waals surface area contributed by atoms with E-state index in [-0.39, 0.29) is 5.75 Å². The van der Waals surface area contributed by atoms with Crippen LogP contribution in [0, 0.1) is 35.5 Å². The average Bonchev–Trinajstić information content (AvgIpc) is 2.82. The molecule has 1 nitrogen and oxygen atoms in total. The number of rotatable bonds is 9. The largest absolute Gasteiger partial charge is 0.461 e. The number of halogens is 4. The molecule has 0 atom stereocenters. The average molecular weight is 467 g/mol. The van der Waals surface area contributed by atoms with Crippen LogP contribution in [0.3, 0.4) is 0 Å². The summed E-state index contributed by atoms with van der Waals surface area (Å²) in [6.07, 6.45) is 8.95. The van der Waals surface area contributed by atoms with E-state index in [0.29, 0.717) is 11.5 Å². The highest BCUT2D eigenvalue weighted by Crippen LogP contribution is 2.42. The highest BCUT2D eigenvalue weighted by molar-refractivity contribution is 5.38. The van der Waals surface area contributed by atoms with Crippen molar-refractivity contribution >= 4 is 0 Å². The second-order valence-electron chi connectivity index (χ2n) is 10.0. The summed E-state index contributed by atoms with van der Waals surface area (Å²) in [6.45, 7) is 2.27. The van der Waals surface area contributed by atoms with Crippen LogP contribution >= 0.6 is 0 Å². The number of hydrogen-bond acceptors (Lipinski definition) is 1. The first-order valence-corrected chi connectivity index (χ1v) is 12.8. The van der Waals surface area contributed by atoms with E-state index in [4.69, 9.17) is 0 Å². The van der Waals surface area contributed by atoms with E-state index >= 15 is 0 Å². The van der Waals surface area contributed by atoms with Crippen LogP contribution in [0.1, 0.15) is 96.0 Å². The van der Waals surface area contributed by atoms with Gasteiger partial charge in [0.05, 0.1) is 0 Å². The van der Waals surface area contributed by atoms with Crippen molar-refractivity contribution in [1.29, 1.82) is 0 Å². The van der Waals surface area contributed by atoms with Gasteiger partial charge in [0.1, 0.15) is 5.75 Å². The fourth-order valence-electron chi connectivity index (χ4n) is 5.54. The third-order valence-corrected chi connectivity index (χ3v) is 7.58. The van der Waals surface area contributed by atoms with Gasteiger partial charge < -0.3 is 4.74 Å². The Hall–Kier alpha value is -1.70. The first-order chi connectivity index (χ1) is 15.9. The van der Waals surface area contributed by atoms with Gasteiger partial charge in [-0.2, -0.15) is 17.6 Å². The molecule has 33 heavy (non-hydrogen) atoms. The summed E-state index contributed by atoms with van der Waals surface area (Å²) in [6, 6.07) is 5.60. The molecule has 0 aromatic heterocycles. The number of ether oxygens (including phenoxy) is 1. The molecule has 0 radical (unpaired) electrons. The molecular formula is C28H38F4O. The maximum atomic E-state index is 13.0. The molecule has 0 bridgehead atoms. The molecule has 0 saturated heterocycles. The highest BCUT2D eigenvalue weighted by Gasteiger charge is 2.43. The van der Waals surface area contributed by atoms with Gasteiger partial charge in [-0.15, -0.1) is 0 Å². The van der Waals surface area contributed by atoms with Gasteiger partial charge in [0.15, 0.2) is 0 Å². The van der Waals surface area contributed by atoms with E-state index in [1.165, 1.54) is 94.9 Å². The number of hydrogen-bond donors (Lipinski definition) is 0. The van der Waals surface area contributed by atoms with Crippen LogP contribution in [-0.4, -0.2) is 12.5 Å². The molecule has 2 saturated carbocycles. The van der Waals surface area contributed by atoms with Crippen LogP contribution < -0.4 is 4.74 Å². The first kappa shape index (κ1) is 25.9. The zero-order chi connectivity index (χ0) is 23.7. The minimum atomic E-state index is -4.49. The fourth-order valence-corrected chi connectivity index (χ4v) is 5.54. The van der Waals surface area contributed by atoms with E-state index in [2.05, 4.69) is 23.5 Å². The van der Waals surface area contributed by atoms with Crippen molar-refractivity contribution in [3.63, 3.8) is 0 Å². The first-order valence-electron chi connectivity index (χ1n) is 12.8. The van der Waals surface area contributed by atoms with E-state index in [1.807, 2.05) is 0 Å².